The summed E-state index contributed by atoms with van der Waals surface area (Å²) in [5.74, 6) is 0.436. The SMILES string of the molecule is CCOc1ccccc1-c1csc(NC(=O)C2CNNC2c2ccc(Cl)cc2)n1. The number of nitrogens with one attached hydrogen (secondary N) is 3. The average Bonchev–Trinajstić information content (AvgIpc) is 3.39. The van der Waals surface area contributed by atoms with Gasteiger partial charge in [0, 0.05) is 22.5 Å². The van der Waals surface area contributed by atoms with E-state index in [4.69, 9.17) is 16.3 Å². The predicted molar refractivity (Wildman–Crippen MR) is 116 cm³/mol. The molecule has 0 spiro atoms. The smallest absolute Gasteiger partial charge is 0.232 e. The van der Waals surface area contributed by atoms with E-state index >= 15 is 0 Å². The Bertz CT molecular complexity index is 992. The number of para-hydroxylation sites is 1. The van der Waals surface area contributed by atoms with Gasteiger partial charge in [0.2, 0.25) is 5.91 Å². The molecule has 1 aliphatic heterocycles. The zero-order chi connectivity index (χ0) is 20.2. The molecule has 1 fully saturated rings. The summed E-state index contributed by atoms with van der Waals surface area (Å²) in [5.41, 5.74) is 8.95. The molecule has 2 atom stereocenters. The second-order valence-corrected chi connectivity index (χ2v) is 7.91. The van der Waals surface area contributed by atoms with Crippen LogP contribution in [0.3, 0.4) is 0 Å². The van der Waals surface area contributed by atoms with Crippen molar-refractivity contribution in [2.45, 2.75) is 13.0 Å². The summed E-state index contributed by atoms with van der Waals surface area (Å²) in [4.78, 5) is 17.5. The fourth-order valence-corrected chi connectivity index (χ4v) is 4.18. The fraction of sp³-hybridized carbons (Fsp3) is 0.238. The molecule has 1 aromatic heterocycles. The van der Waals surface area contributed by atoms with E-state index in [2.05, 4.69) is 21.2 Å². The van der Waals surface area contributed by atoms with E-state index in [0.29, 0.717) is 23.3 Å². The van der Waals surface area contributed by atoms with Crippen molar-refractivity contribution >= 4 is 34.0 Å². The van der Waals surface area contributed by atoms with E-state index in [1.807, 2.05) is 60.8 Å². The highest BCUT2D eigenvalue weighted by molar-refractivity contribution is 7.14. The Hall–Kier alpha value is -2.45. The van der Waals surface area contributed by atoms with Crippen molar-refractivity contribution in [1.29, 1.82) is 0 Å². The summed E-state index contributed by atoms with van der Waals surface area (Å²) in [6, 6.07) is 15.1. The molecule has 150 valence electrons. The van der Waals surface area contributed by atoms with Gasteiger partial charge in [-0.05, 0) is 36.8 Å². The monoisotopic (exact) mass is 428 g/mol. The number of thiazole rings is 1. The van der Waals surface area contributed by atoms with Crippen LogP contribution in [-0.4, -0.2) is 24.0 Å². The van der Waals surface area contributed by atoms with Crippen LogP contribution in [0.2, 0.25) is 5.02 Å². The van der Waals surface area contributed by atoms with Gasteiger partial charge in [0.25, 0.3) is 0 Å². The van der Waals surface area contributed by atoms with E-state index in [0.717, 1.165) is 22.6 Å². The number of nitrogens with zero attached hydrogens (tertiary/aromatic N) is 1. The molecular formula is C21H21ClN4O2S. The number of carbonyl (C=O) groups excluding carboxylic acids is 1. The van der Waals surface area contributed by atoms with Crippen LogP contribution >= 0.6 is 22.9 Å². The molecule has 0 radical (unpaired) electrons. The van der Waals surface area contributed by atoms with Gasteiger partial charge in [-0.3, -0.25) is 10.2 Å². The Morgan fingerprint density at radius 3 is 2.86 bits per heavy atom. The number of halogens is 1. The van der Waals surface area contributed by atoms with Crippen molar-refractivity contribution in [3.05, 3.63) is 64.5 Å². The lowest BCUT2D eigenvalue weighted by atomic mass is 9.94. The summed E-state index contributed by atoms with van der Waals surface area (Å²) < 4.78 is 5.69. The molecular weight excluding hydrogens is 408 g/mol. The highest BCUT2D eigenvalue weighted by Crippen LogP contribution is 2.33. The first-order valence-electron chi connectivity index (χ1n) is 9.38. The normalized spacial score (nSPS) is 18.6. The van der Waals surface area contributed by atoms with Crippen molar-refractivity contribution in [2.24, 2.45) is 5.92 Å². The first-order chi connectivity index (χ1) is 14.2. The van der Waals surface area contributed by atoms with Crippen LogP contribution in [0.1, 0.15) is 18.5 Å². The summed E-state index contributed by atoms with van der Waals surface area (Å²) in [6.07, 6.45) is 0. The molecule has 6 nitrogen and oxygen atoms in total. The number of aromatic nitrogens is 1. The van der Waals surface area contributed by atoms with Gasteiger partial charge >= 0.3 is 0 Å². The number of anilines is 1. The van der Waals surface area contributed by atoms with Gasteiger partial charge in [0.15, 0.2) is 5.13 Å². The number of hydrogen-bond donors (Lipinski definition) is 3. The summed E-state index contributed by atoms with van der Waals surface area (Å²) in [6.45, 7) is 3.06. The number of amides is 1. The Labute approximate surface area is 178 Å². The van der Waals surface area contributed by atoms with E-state index in [-0.39, 0.29) is 17.9 Å². The molecule has 0 bridgehead atoms. The number of hydrazine groups is 1. The van der Waals surface area contributed by atoms with Crippen LogP contribution in [0.5, 0.6) is 5.75 Å². The van der Waals surface area contributed by atoms with Gasteiger partial charge in [-0.2, -0.15) is 0 Å². The molecule has 1 saturated heterocycles. The van der Waals surface area contributed by atoms with Gasteiger partial charge in [-0.15, -0.1) is 11.3 Å². The zero-order valence-electron chi connectivity index (χ0n) is 15.8. The maximum absolute atomic E-state index is 12.9. The molecule has 4 rings (SSSR count). The van der Waals surface area contributed by atoms with Crippen molar-refractivity contribution in [3.63, 3.8) is 0 Å². The number of hydrogen-bond acceptors (Lipinski definition) is 6. The Kier molecular flexibility index (Phi) is 6.10. The fourth-order valence-electron chi connectivity index (χ4n) is 3.34. The van der Waals surface area contributed by atoms with Crippen LogP contribution in [0.4, 0.5) is 5.13 Å². The van der Waals surface area contributed by atoms with Gasteiger partial charge in [0.1, 0.15) is 5.75 Å². The van der Waals surface area contributed by atoms with Gasteiger partial charge in [0.05, 0.1) is 24.3 Å². The summed E-state index contributed by atoms with van der Waals surface area (Å²) >= 11 is 7.38. The largest absolute Gasteiger partial charge is 0.493 e. The maximum atomic E-state index is 12.9. The molecule has 29 heavy (non-hydrogen) atoms. The zero-order valence-corrected chi connectivity index (χ0v) is 17.4. The molecule has 1 amide bonds. The molecule has 2 unspecified atom stereocenters. The van der Waals surface area contributed by atoms with Crippen molar-refractivity contribution in [3.8, 4) is 17.0 Å². The Morgan fingerprint density at radius 2 is 2.07 bits per heavy atom. The maximum Gasteiger partial charge on any atom is 0.232 e. The van der Waals surface area contributed by atoms with Crippen LogP contribution in [-0.2, 0) is 4.79 Å². The lowest BCUT2D eigenvalue weighted by molar-refractivity contribution is -0.119. The number of rotatable bonds is 6. The van der Waals surface area contributed by atoms with Crippen LogP contribution in [0.15, 0.2) is 53.9 Å². The molecule has 8 heteroatoms. The molecule has 0 aliphatic carbocycles. The van der Waals surface area contributed by atoms with Gasteiger partial charge in [-0.1, -0.05) is 35.9 Å². The average molecular weight is 429 g/mol. The van der Waals surface area contributed by atoms with Crippen molar-refractivity contribution in [2.75, 3.05) is 18.5 Å². The molecule has 2 aromatic carbocycles. The lowest BCUT2D eigenvalue weighted by Gasteiger charge is -2.17. The minimum Gasteiger partial charge on any atom is -0.493 e. The van der Waals surface area contributed by atoms with Crippen molar-refractivity contribution in [1.82, 2.24) is 15.8 Å². The summed E-state index contributed by atoms with van der Waals surface area (Å²) in [7, 11) is 0. The molecule has 1 aliphatic rings. The summed E-state index contributed by atoms with van der Waals surface area (Å²) in [5, 5.41) is 6.12. The molecule has 2 heterocycles. The third kappa shape index (κ3) is 4.43. The van der Waals surface area contributed by atoms with E-state index < -0.39 is 0 Å². The van der Waals surface area contributed by atoms with Crippen LogP contribution in [0.25, 0.3) is 11.3 Å². The highest BCUT2D eigenvalue weighted by Gasteiger charge is 2.34. The van der Waals surface area contributed by atoms with Crippen LogP contribution < -0.4 is 20.9 Å². The lowest BCUT2D eigenvalue weighted by Crippen LogP contribution is -2.29. The Morgan fingerprint density at radius 1 is 1.28 bits per heavy atom. The third-order valence-electron chi connectivity index (χ3n) is 4.74. The van der Waals surface area contributed by atoms with Gasteiger partial charge in [-0.25, -0.2) is 10.4 Å². The van der Waals surface area contributed by atoms with Gasteiger partial charge < -0.3 is 10.1 Å². The molecule has 3 N–H and O–H groups in total. The standard InChI is InChI=1S/C21H21ClN4O2S/c1-2-28-18-6-4-3-5-15(18)17-12-29-21(24-17)25-20(27)16-11-23-26-19(16)13-7-9-14(22)10-8-13/h3-10,12,16,19,23,26H,2,11H2,1H3,(H,24,25,27). The second kappa shape index (κ2) is 8.92. The minimum absolute atomic E-state index is 0.0820. The van der Waals surface area contributed by atoms with E-state index in [1.165, 1.54) is 11.3 Å². The number of ether oxygens (including phenoxy) is 1. The predicted octanol–water partition coefficient (Wildman–Crippen LogP) is 4.27. The minimum atomic E-state index is -0.265. The van der Waals surface area contributed by atoms with Crippen molar-refractivity contribution < 1.29 is 9.53 Å². The van der Waals surface area contributed by atoms with Crippen LogP contribution in [0, 0.1) is 5.92 Å². The number of carbonyl (C=O) groups is 1. The first-order valence-corrected chi connectivity index (χ1v) is 10.6. The third-order valence-corrected chi connectivity index (χ3v) is 5.75. The molecule has 3 aromatic rings. The molecule has 0 saturated carbocycles. The van der Waals surface area contributed by atoms with E-state index in [9.17, 15) is 4.79 Å². The topological polar surface area (TPSA) is 75.3 Å². The highest BCUT2D eigenvalue weighted by atomic mass is 35.5. The number of benzene rings is 2. The van der Waals surface area contributed by atoms with E-state index in [1.54, 1.807) is 0 Å². The quantitative estimate of drug-likeness (QED) is 0.546. The second-order valence-electron chi connectivity index (χ2n) is 6.62. The first kappa shape index (κ1) is 19.8. The Balaban J connectivity index is 1.49.